The van der Waals surface area contributed by atoms with Crippen molar-refractivity contribution in [3.8, 4) is 18.1 Å². The molecule has 0 bridgehead atoms. The predicted octanol–water partition coefficient (Wildman–Crippen LogP) is 3.41. The summed E-state index contributed by atoms with van der Waals surface area (Å²) >= 11 is 0. The van der Waals surface area contributed by atoms with Crippen LogP contribution in [0.5, 0.6) is 5.75 Å². The van der Waals surface area contributed by atoms with Gasteiger partial charge in [0.05, 0.1) is 13.2 Å². The van der Waals surface area contributed by atoms with Crippen LogP contribution in [0.4, 0.5) is 0 Å². The van der Waals surface area contributed by atoms with Crippen molar-refractivity contribution in [3.63, 3.8) is 0 Å². The van der Waals surface area contributed by atoms with Crippen molar-refractivity contribution in [3.05, 3.63) is 41.5 Å². The highest BCUT2D eigenvalue weighted by molar-refractivity contribution is 6.02. The van der Waals surface area contributed by atoms with Gasteiger partial charge in [0.2, 0.25) is 0 Å². The number of aromatic hydroxyl groups is 1. The Balaban J connectivity index is 3.13. The van der Waals surface area contributed by atoms with Crippen LogP contribution in [0, 0.1) is 17.8 Å². The average Bonchev–Trinajstić information content (AvgIpc) is 2.61. The minimum Gasteiger partial charge on any atom is -0.508 e. The lowest BCUT2D eigenvalue weighted by Crippen LogP contribution is -2.40. The molecule has 0 spiro atoms. The summed E-state index contributed by atoms with van der Waals surface area (Å²) in [5.41, 5.74) is -0.0801. The van der Waals surface area contributed by atoms with Crippen molar-refractivity contribution in [2.24, 2.45) is 5.41 Å². The second-order valence-electron chi connectivity index (χ2n) is 5.91. The normalized spacial score (nSPS) is 11.5. The topological polar surface area (TPSA) is 72.8 Å². The molecule has 1 N–H and O–H groups in total. The summed E-state index contributed by atoms with van der Waals surface area (Å²) < 4.78 is 10.2. The van der Waals surface area contributed by atoms with Gasteiger partial charge in [0.1, 0.15) is 5.75 Å². The van der Waals surface area contributed by atoms with E-state index < -0.39 is 17.4 Å². The first-order valence-corrected chi connectivity index (χ1v) is 8.64. The monoisotopic (exact) mass is 358 g/mol. The zero-order valence-electron chi connectivity index (χ0n) is 15.6. The van der Waals surface area contributed by atoms with Crippen LogP contribution >= 0.6 is 0 Å². The molecule has 0 unspecified atom stereocenters. The summed E-state index contributed by atoms with van der Waals surface area (Å²) in [4.78, 5) is 25.1. The van der Waals surface area contributed by atoms with Gasteiger partial charge in [0.25, 0.3) is 0 Å². The zero-order chi connectivity index (χ0) is 19.6. The van der Waals surface area contributed by atoms with Gasteiger partial charge in [0.15, 0.2) is 5.41 Å². The van der Waals surface area contributed by atoms with Gasteiger partial charge in [-0.2, -0.15) is 0 Å². The number of phenols is 1. The van der Waals surface area contributed by atoms with Gasteiger partial charge in [-0.1, -0.05) is 29.8 Å². The number of rotatable bonds is 9. The number of carbonyl (C=O) groups excluding carboxylic acids is 2. The van der Waals surface area contributed by atoms with Crippen molar-refractivity contribution in [2.45, 2.75) is 40.0 Å². The Labute approximate surface area is 155 Å². The first-order valence-electron chi connectivity index (χ1n) is 8.64. The second kappa shape index (κ2) is 10.3. The number of ether oxygens (including phenoxy) is 2. The molecule has 0 heterocycles. The largest absolute Gasteiger partial charge is 0.508 e. The summed E-state index contributed by atoms with van der Waals surface area (Å²) in [6.07, 6.45) is 7.93. The highest BCUT2D eigenvalue weighted by atomic mass is 16.6. The van der Waals surface area contributed by atoms with E-state index in [1.54, 1.807) is 32.1 Å². The third-order valence-corrected chi connectivity index (χ3v) is 3.93. The van der Waals surface area contributed by atoms with Crippen molar-refractivity contribution in [1.29, 1.82) is 0 Å². The molecule has 0 fully saturated rings. The number of esters is 2. The van der Waals surface area contributed by atoms with Crippen LogP contribution in [0.15, 0.2) is 35.9 Å². The second-order valence-corrected chi connectivity index (χ2v) is 5.91. The molecule has 0 aliphatic heterocycles. The van der Waals surface area contributed by atoms with E-state index in [4.69, 9.17) is 15.9 Å². The molecule has 26 heavy (non-hydrogen) atoms. The highest BCUT2D eigenvalue weighted by Gasteiger charge is 2.46. The molecule has 1 aromatic carbocycles. The zero-order valence-corrected chi connectivity index (χ0v) is 15.6. The smallest absolute Gasteiger partial charge is 0.328 e. The van der Waals surface area contributed by atoms with Gasteiger partial charge in [-0.05, 0) is 45.2 Å². The molecule has 1 aromatic rings. The Kier molecular flexibility index (Phi) is 8.44. The molecule has 5 heteroatoms. The lowest BCUT2D eigenvalue weighted by molar-refractivity contribution is -0.167. The number of aryl methyl sites for hydroxylation is 1. The summed E-state index contributed by atoms with van der Waals surface area (Å²) in [6.45, 7) is 5.41. The number of allylic oxidation sites excluding steroid dienone is 1. The lowest BCUT2D eigenvalue weighted by atomic mass is 9.82. The van der Waals surface area contributed by atoms with Crippen LogP contribution in [0.25, 0.3) is 0 Å². The van der Waals surface area contributed by atoms with Crippen LogP contribution in [0.3, 0.4) is 0 Å². The van der Waals surface area contributed by atoms with E-state index >= 15 is 0 Å². The Morgan fingerprint density at radius 1 is 1.19 bits per heavy atom. The molecule has 0 amide bonds. The van der Waals surface area contributed by atoms with Gasteiger partial charge < -0.3 is 14.6 Å². The van der Waals surface area contributed by atoms with E-state index in [-0.39, 0.29) is 25.4 Å². The molecule has 5 nitrogen and oxygen atoms in total. The van der Waals surface area contributed by atoms with Crippen LogP contribution < -0.4 is 0 Å². The molecule has 140 valence electrons. The van der Waals surface area contributed by atoms with Gasteiger partial charge in [0, 0.05) is 6.42 Å². The van der Waals surface area contributed by atoms with Gasteiger partial charge in [-0.3, -0.25) is 9.59 Å². The maximum atomic E-state index is 12.5. The fourth-order valence-corrected chi connectivity index (χ4v) is 2.62. The van der Waals surface area contributed by atoms with Crippen LogP contribution in [-0.2, 0) is 25.5 Å². The first-order chi connectivity index (χ1) is 12.4. The molecule has 0 atom stereocenters. The third-order valence-electron chi connectivity index (χ3n) is 3.93. The number of hydrogen-bond donors (Lipinski definition) is 1. The summed E-state index contributed by atoms with van der Waals surface area (Å²) in [7, 11) is 0. The summed E-state index contributed by atoms with van der Waals surface area (Å²) in [6, 6.07) is 7.04. The van der Waals surface area contributed by atoms with E-state index in [2.05, 4.69) is 5.92 Å². The molecular weight excluding hydrogens is 332 g/mol. The van der Waals surface area contributed by atoms with Crippen molar-refractivity contribution in [2.75, 3.05) is 13.2 Å². The minimum atomic E-state index is -1.65. The lowest BCUT2D eigenvalue weighted by Gasteiger charge is -2.25. The van der Waals surface area contributed by atoms with E-state index in [1.165, 1.54) is 0 Å². The number of terminal acetylenes is 1. The number of carbonyl (C=O) groups is 2. The Bertz CT molecular complexity index is 679. The number of benzene rings is 1. The standard InChI is InChI=1S/C21H26O5/c1-5-14-21(19(23)25-6-2,20(24)26-7-3)15-16(4)12-13-17-10-8-9-11-18(17)22/h1,8-11,15,22H,6-7,12-14H2,2-4H3/b16-15+. The number of hydrogen-bond acceptors (Lipinski definition) is 5. The molecule has 0 aromatic heterocycles. The summed E-state index contributed by atoms with van der Waals surface area (Å²) in [5.74, 6) is 1.18. The Hall–Kier alpha value is -2.74. The summed E-state index contributed by atoms with van der Waals surface area (Å²) in [5, 5.41) is 9.86. The molecule has 0 aliphatic carbocycles. The number of phenolic OH excluding ortho intramolecular Hbond substituents is 1. The quantitative estimate of drug-likeness (QED) is 0.317. The fraction of sp³-hybridized carbons (Fsp3) is 0.429. The van der Waals surface area contributed by atoms with Crippen molar-refractivity contribution >= 4 is 11.9 Å². The van der Waals surface area contributed by atoms with Crippen LogP contribution in [0.2, 0.25) is 0 Å². The van der Waals surface area contributed by atoms with E-state index in [0.29, 0.717) is 12.8 Å². The van der Waals surface area contributed by atoms with Crippen LogP contribution in [-0.4, -0.2) is 30.3 Å². The molecule has 0 aliphatic rings. The molecule has 0 radical (unpaired) electrons. The maximum Gasteiger partial charge on any atom is 0.328 e. The van der Waals surface area contributed by atoms with E-state index in [0.717, 1.165) is 11.1 Å². The maximum absolute atomic E-state index is 12.5. The predicted molar refractivity (Wildman–Crippen MR) is 99.3 cm³/mol. The third kappa shape index (κ3) is 5.38. The Morgan fingerprint density at radius 2 is 1.77 bits per heavy atom. The van der Waals surface area contributed by atoms with Crippen molar-refractivity contribution in [1.82, 2.24) is 0 Å². The first kappa shape index (κ1) is 21.3. The van der Waals surface area contributed by atoms with E-state index in [9.17, 15) is 14.7 Å². The van der Waals surface area contributed by atoms with Crippen LogP contribution in [0.1, 0.15) is 39.2 Å². The van der Waals surface area contributed by atoms with Gasteiger partial charge in [-0.15, -0.1) is 12.3 Å². The molecule has 1 rings (SSSR count). The van der Waals surface area contributed by atoms with Crippen molar-refractivity contribution < 1.29 is 24.2 Å². The molecule has 0 saturated heterocycles. The fourth-order valence-electron chi connectivity index (χ4n) is 2.62. The molecular formula is C21H26O5. The van der Waals surface area contributed by atoms with Gasteiger partial charge in [-0.25, -0.2) is 0 Å². The van der Waals surface area contributed by atoms with Gasteiger partial charge >= 0.3 is 11.9 Å². The van der Waals surface area contributed by atoms with E-state index in [1.807, 2.05) is 19.1 Å². The SMILES string of the molecule is C#CCC(/C=C(\C)CCc1ccccc1O)(C(=O)OCC)C(=O)OCC. The Morgan fingerprint density at radius 3 is 2.27 bits per heavy atom. The number of para-hydroxylation sites is 1. The minimum absolute atomic E-state index is 0.134. The average molecular weight is 358 g/mol. The molecule has 0 saturated carbocycles. The highest BCUT2D eigenvalue weighted by Crippen LogP contribution is 2.31.